The highest BCUT2D eigenvalue weighted by molar-refractivity contribution is 7.99. The minimum Gasteiger partial charge on any atom is -0.380 e. The molecule has 0 saturated carbocycles. The number of hydrogen-bond donors (Lipinski definition) is 1. The zero-order chi connectivity index (χ0) is 13.2. The minimum absolute atomic E-state index is 0.439. The van der Waals surface area contributed by atoms with E-state index in [0.717, 1.165) is 31.9 Å². The molecule has 0 aromatic heterocycles. The first-order chi connectivity index (χ1) is 8.77. The maximum absolute atomic E-state index is 5.54. The molecular weight excluding hydrogens is 242 g/mol. The Hall–Kier alpha value is -0.510. The fourth-order valence-electron chi connectivity index (χ4n) is 1.68. The Balaban J connectivity index is 2.42. The average Bonchev–Trinajstić information content (AvgIpc) is 2.39. The molecule has 0 aliphatic rings. The topological polar surface area (TPSA) is 21.3 Å². The second kappa shape index (κ2) is 9.42. The van der Waals surface area contributed by atoms with E-state index in [2.05, 4.69) is 43.4 Å². The lowest BCUT2D eigenvalue weighted by atomic mass is 10.2. The summed E-state index contributed by atoms with van der Waals surface area (Å²) in [4.78, 5) is 1.37. The molecule has 1 rings (SSSR count). The van der Waals surface area contributed by atoms with Gasteiger partial charge in [-0.25, -0.2) is 0 Å². The highest BCUT2D eigenvalue weighted by Crippen LogP contribution is 2.22. The second-order valence-electron chi connectivity index (χ2n) is 4.39. The van der Waals surface area contributed by atoms with E-state index in [1.165, 1.54) is 10.5 Å². The van der Waals surface area contributed by atoms with Crippen LogP contribution in [0, 0.1) is 6.92 Å². The predicted molar refractivity (Wildman–Crippen MR) is 80.5 cm³/mol. The molecule has 3 heteroatoms. The van der Waals surface area contributed by atoms with Gasteiger partial charge >= 0.3 is 0 Å². The number of hydrogen-bond acceptors (Lipinski definition) is 3. The molecule has 0 amide bonds. The largest absolute Gasteiger partial charge is 0.380 e. The van der Waals surface area contributed by atoms with Crippen LogP contribution in [-0.4, -0.2) is 31.6 Å². The molecule has 0 fully saturated rings. The normalized spacial score (nSPS) is 12.6. The van der Waals surface area contributed by atoms with Crippen molar-refractivity contribution in [2.45, 2.75) is 38.1 Å². The fourth-order valence-corrected chi connectivity index (χ4v) is 2.75. The van der Waals surface area contributed by atoms with Crippen LogP contribution in [-0.2, 0) is 4.74 Å². The maximum atomic E-state index is 5.54. The lowest BCUT2D eigenvalue weighted by Crippen LogP contribution is -2.36. The summed E-state index contributed by atoms with van der Waals surface area (Å²) in [5.41, 5.74) is 1.35. The van der Waals surface area contributed by atoms with Crippen LogP contribution in [0.4, 0.5) is 0 Å². The summed E-state index contributed by atoms with van der Waals surface area (Å²) in [5, 5.41) is 3.55. The Morgan fingerprint density at radius 2 is 2.06 bits per heavy atom. The molecule has 1 aromatic rings. The molecule has 0 aliphatic carbocycles. The molecular formula is C15H25NOS. The van der Waals surface area contributed by atoms with Crippen molar-refractivity contribution in [3.8, 4) is 0 Å². The summed E-state index contributed by atoms with van der Waals surface area (Å²) in [6, 6.07) is 8.99. The van der Waals surface area contributed by atoms with Gasteiger partial charge in [0.2, 0.25) is 0 Å². The Morgan fingerprint density at radius 3 is 2.72 bits per heavy atom. The molecule has 0 saturated heterocycles. The van der Waals surface area contributed by atoms with Crippen molar-refractivity contribution in [3.63, 3.8) is 0 Å². The van der Waals surface area contributed by atoms with Crippen LogP contribution in [0.25, 0.3) is 0 Å². The SMILES string of the molecule is CCCNC(COCC)CSc1ccccc1C. The zero-order valence-corrected chi connectivity index (χ0v) is 12.6. The molecule has 2 nitrogen and oxygen atoms in total. The standard InChI is InChI=1S/C15H25NOS/c1-4-10-16-14(11-17-5-2)12-18-15-9-7-6-8-13(15)3/h6-9,14,16H,4-5,10-12H2,1-3H3. The van der Waals surface area contributed by atoms with Crippen LogP contribution in [0.2, 0.25) is 0 Å². The summed E-state index contributed by atoms with van der Waals surface area (Å²) in [6.07, 6.45) is 1.16. The van der Waals surface area contributed by atoms with Crippen molar-refractivity contribution in [1.29, 1.82) is 0 Å². The molecule has 0 spiro atoms. The predicted octanol–water partition coefficient (Wildman–Crippen LogP) is 3.49. The summed E-state index contributed by atoms with van der Waals surface area (Å²) in [5.74, 6) is 1.06. The molecule has 18 heavy (non-hydrogen) atoms. The van der Waals surface area contributed by atoms with Gasteiger partial charge in [-0.3, -0.25) is 0 Å². The van der Waals surface area contributed by atoms with Crippen LogP contribution in [0.3, 0.4) is 0 Å². The fraction of sp³-hybridized carbons (Fsp3) is 0.600. The number of benzene rings is 1. The quantitative estimate of drug-likeness (QED) is 0.692. The number of ether oxygens (including phenoxy) is 1. The monoisotopic (exact) mass is 267 g/mol. The van der Waals surface area contributed by atoms with E-state index >= 15 is 0 Å². The van der Waals surface area contributed by atoms with Crippen LogP contribution in [0.15, 0.2) is 29.2 Å². The van der Waals surface area contributed by atoms with Gasteiger partial charge in [0.15, 0.2) is 0 Å². The molecule has 1 unspecified atom stereocenters. The van der Waals surface area contributed by atoms with Crippen molar-refractivity contribution in [3.05, 3.63) is 29.8 Å². The van der Waals surface area contributed by atoms with Gasteiger partial charge in [-0.05, 0) is 38.4 Å². The summed E-state index contributed by atoms with van der Waals surface area (Å²) in [6.45, 7) is 9.06. The van der Waals surface area contributed by atoms with Crippen LogP contribution in [0.5, 0.6) is 0 Å². The third kappa shape index (κ3) is 5.89. The molecule has 1 aromatic carbocycles. The van der Waals surface area contributed by atoms with Crippen LogP contribution < -0.4 is 5.32 Å². The van der Waals surface area contributed by atoms with E-state index in [1.54, 1.807) is 0 Å². The molecule has 102 valence electrons. The first-order valence-electron chi connectivity index (χ1n) is 6.77. The van der Waals surface area contributed by atoms with E-state index < -0.39 is 0 Å². The molecule has 0 heterocycles. The molecule has 1 atom stereocenters. The number of aryl methyl sites for hydroxylation is 1. The summed E-state index contributed by atoms with van der Waals surface area (Å²) in [7, 11) is 0. The summed E-state index contributed by atoms with van der Waals surface area (Å²) < 4.78 is 5.54. The van der Waals surface area contributed by atoms with Gasteiger partial charge in [0.05, 0.1) is 6.61 Å². The third-order valence-corrected chi connectivity index (χ3v) is 4.08. The first kappa shape index (κ1) is 15.5. The lowest BCUT2D eigenvalue weighted by Gasteiger charge is -2.18. The van der Waals surface area contributed by atoms with Crippen molar-refractivity contribution in [1.82, 2.24) is 5.32 Å². The van der Waals surface area contributed by atoms with Crippen molar-refractivity contribution < 1.29 is 4.74 Å². The highest BCUT2D eigenvalue weighted by atomic mass is 32.2. The van der Waals surface area contributed by atoms with Crippen LogP contribution in [0.1, 0.15) is 25.8 Å². The van der Waals surface area contributed by atoms with Crippen molar-refractivity contribution >= 4 is 11.8 Å². The van der Waals surface area contributed by atoms with Gasteiger partial charge in [0.1, 0.15) is 0 Å². The van der Waals surface area contributed by atoms with Gasteiger partial charge in [0, 0.05) is 23.3 Å². The minimum atomic E-state index is 0.439. The molecule has 0 aliphatic heterocycles. The van der Waals surface area contributed by atoms with Gasteiger partial charge in [-0.15, -0.1) is 11.8 Å². The number of rotatable bonds is 9. The van der Waals surface area contributed by atoms with E-state index in [9.17, 15) is 0 Å². The van der Waals surface area contributed by atoms with E-state index in [1.807, 2.05) is 18.7 Å². The second-order valence-corrected chi connectivity index (χ2v) is 5.45. The highest BCUT2D eigenvalue weighted by Gasteiger charge is 2.09. The average molecular weight is 267 g/mol. The third-order valence-electron chi connectivity index (χ3n) is 2.74. The zero-order valence-electron chi connectivity index (χ0n) is 11.7. The summed E-state index contributed by atoms with van der Waals surface area (Å²) >= 11 is 1.91. The number of thioether (sulfide) groups is 1. The lowest BCUT2D eigenvalue weighted by molar-refractivity contribution is 0.128. The van der Waals surface area contributed by atoms with E-state index in [0.29, 0.717) is 6.04 Å². The smallest absolute Gasteiger partial charge is 0.0627 e. The Morgan fingerprint density at radius 1 is 1.28 bits per heavy atom. The van der Waals surface area contributed by atoms with Gasteiger partial charge < -0.3 is 10.1 Å². The Bertz CT molecular complexity index is 322. The van der Waals surface area contributed by atoms with E-state index in [-0.39, 0.29) is 0 Å². The number of nitrogens with one attached hydrogen (secondary N) is 1. The van der Waals surface area contributed by atoms with Gasteiger partial charge in [-0.1, -0.05) is 25.1 Å². The molecule has 0 radical (unpaired) electrons. The maximum Gasteiger partial charge on any atom is 0.0627 e. The van der Waals surface area contributed by atoms with Crippen LogP contribution >= 0.6 is 11.8 Å². The molecule has 1 N–H and O–H groups in total. The van der Waals surface area contributed by atoms with Gasteiger partial charge in [-0.2, -0.15) is 0 Å². The Kier molecular flexibility index (Phi) is 8.14. The van der Waals surface area contributed by atoms with E-state index in [4.69, 9.17) is 4.74 Å². The van der Waals surface area contributed by atoms with Crippen molar-refractivity contribution in [2.24, 2.45) is 0 Å². The first-order valence-corrected chi connectivity index (χ1v) is 7.76. The molecule has 0 bridgehead atoms. The van der Waals surface area contributed by atoms with Crippen molar-refractivity contribution in [2.75, 3.05) is 25.5 Å². The van der Waals surface area contributed by atoms with Gasteiger partial charge in [0.25, 0.3) is 0 Å². The Labute approximate surface area is 116 Å².